The minimum atomic E-state index is -1.14. The van der Waals surface area contributed by atoms with Crippen molar-refractivity contribution in [3.63, 3.8) is 0 Å². The first-order chi connectivity index (χ1) is 14.4. The average molecular weight is 422 g/mol. The van der Waals surface area contributed by atoms with Crippen LogP contribution in [0.4, 0.5) is 5.69 Å². The monoisotopic (exact) mass is 421 g/mol. The molecule has 0 aliphatic carbocycles. The minimum Gasteiger partial charge on any atom is -0.476 e. The molecule has 0 unspecified atom stereocenters. The van der Waals surface area contributed by atoms with Gasteiger partial charge in [0.15, 0.2) is 5.69 Å². The third-order valence-electron chi connectivity index (χ3n) is 5.04. The van der Waals surface area contributed by atoms with E-state index in [0.717, 1.165) is 45.0 Å². The molecule has 0 bridgehead atoms. The van der Waals surface area contributed by atoms with E-state index in [1.54, 1.807) is 12.1 Å². The highest BCUT2D eigenvalue weighted by Crippen LogP contribution is 2.33. The third-order valence-corrected chi connectivity index (χ3v) is 5.25. The number of rotatable bonds is 5. The van der Waals surface area contributed by atoms with Gasteiger partial charge >= 0.3 is 5.97 Å². The van der Waals surface area contributed by atoms with Gasteiger partial charge < -0.3 is 10.4 Å². The van der Waals surface area contributed by atoms with E-state index in [1.807, 2.05) is 27.0 Å². The van der Waals surface area contributed by atoms with Crippen molar-refractivity contribution >= 4 is 45.1 Å². The van der Waals surface area contributed by atoms with E-state index >= 15 is 0 Å². The van der Waals surface area contributed by atoms with Crippen molar-refractivity contribution in [2.75, 3.05) is 5.32 Å². The summed E-state index contributed by atoms with van der Waals surface area (Å²) in [5, 5.41) is 14.8. The van der Waals surface area contributed by atoms with Crippen molar-refractivity contribution in [2.45, 2.75) is 33.2 Å². The molecule has 1 aromatic carbocycles. The van der Waals surface area contributed by atoms with Gasteiger partial charge in [-0.3, -0.25) is 4.98 Å². The normalized spacial score (nSPS) is 12.3. The van der Waals surface area contributed by atoms with Crippen molar-refractivity contribution in [1.29, 1.82) is 0 Å². The first kappa shape index (κ1) is 20.0. The molecule has 0 aliphatic rings. The molecular weight excluding hydrogens is 402 g/mol. The van der Waals surface area contributed by atoms with Gasteiger partial charge in [-0.25, -0.2) is 19.7 Å². The van der Waals surface area contributed by atoms with E-state index in [2.05, 4.69) is 32.4 Å². The Kier molecular flexibility index (Phi) is 5.22. The number of nitrogens with one attached hydrogen (secondary N) is 1. The zero-order valence-electron chi connectivity index (χ0n) is 16.8. The number of halogens is 1. The molecule has 0 aliphatic heterocycles. The van der Waals surface area contributed by atoms with Crippen molar-refractivity contribution in [3.05, 3.63) is 64.5 Å². The van der Waals surface area contributed by atoms with E-state index in [9.17, 15) is 9.90 Å². The van der Waals surface area contributed by atoms with E-state index in [1.165, 1.54) is 6.33 Å². The van der Waals surface area contributed by atoms with Crippen LogP contribution in [0.3, 0.4) is 0 Å². The number of carboxylic acid groups (broad SMARTS) is 1. The second kappa shape index (κ2) is 7.84. The molecule has 0 spiro atoms. The highest BCUT2D eigenvalue weighted by molar-refractivity contribution is 6.29. The summed E-state index contributed by atoms with van der Waals surface area (Å²) in [6.45, 7) is 6.03. The molecule has 4 aromatic rings. The summed E-state index contributed by atoms with van der Waals surface area (Å²) in [6, 6.07) is 7.10. The zero-order valence-corrected chi connectivity index (χ0v) is 17.5. The summed E-state index contributed by atoms with van der Waals surface area (Å²) in [5.41, 5.74) is 4.90. The maximum Gasteiger partial charge on any atom is 0.356 e. The second-order valence-corrected chi connectivity index (χ2v) is 7.54. The number of aryl methyl sites for hydroxylation is 2. The maximum absolute atomic E-state index is 11.6. The Morgan fingerprint density at radius 1 is 1.20 bits per heavy atom. The average Bonchev–Trinajstić information content (AvgIpc) is 2.73. The Bertz CT molecular complexity index is 1290. The van der Waals surface area contributed by atoms with Crippen molar-refractivity contribution in [3.8, 4) is 0 Å². The highest BCUT2D eigenvalue weighted by Gasteiger charge is 2.19. The van der Waals surface area contributed by atoms with Gasteiger partial charge in [0.05, 0.1) is 28.5 Å². The maximum atomic E-state index is 11.6. The summed E-state index contributed by atoms with van der Waals surface area (Å²) in [4.78, 5) is 29.1. The molecule has 7 nitrogen and oxygen atoms in total. The first-order valence-corrected chi connectivity index (χ1v) is 9.96. The molecule has 8 heteroatoms. The Morgan fingerprint density at radius 3 is 2.73 bits per heavy atom. The van der Waals surface area contributed by atoms with Crippen LogP contribution in [-0.4, -0.2) is 31.0 Å². The number of hydrogen-bond donors (Lipinski definition) is 2. The molecule has 3 heterocycles. The Labute approximate surface area is 178 Å². The van der Waals surface area contributed by atoms with Gasteiger partial charge in [0.1, 0.15) is 11.5 Å². The van der Waals surface area contributed by atoms with Crippen LogP contribution in [0.5, 0.6) is 0 Å². The number of pyridine rings is 2. The van der Waals surface area contributed by atoms with E-state index in [4.69, 9.17) is 16.6 Å². The van der Waals surface area contributed by atoms with Gasteiger partial charge in [-0.2, -0.15) is 0 Å². The first-order valence-electron chi connectivity index (χ1n) is 9.58. The number of hydrogen-bond acceptors (Lipinski definition) is 6. The van der Waals surface area contributed by atoms with Crippen LogP contribution in [0.25, 0.3) is 21.8 Å². The van der Waals surface area contributed by atoms with E-state index in [-0.39, 0.29) is 16.9 Å². The molecule has 3 aromatic heterocycles. The molecule has 0 saturated heterocycles. The fourth-order valence-electron chi connectivity index (χ4n) is 3.68. The van der Waals surface area contributed by atoms with Crippen LogP contribution >= 0.6 is 11.6 Å². The molecule has 0 amide bonds. The topological polar surface area (TPSA) is 101 Å². The molecule has 0 saturated carbocycles. The molecule has 4 rings (SSSR count). The number of benzene rings is 1. The summed E-state index contributed by atoms with van der Waals surface area (Å²) in [5.74, 6) is -1.14. The zero-order chi connectivity index (χ0) is 21.4. The molecule has 0 radical (unpaired) electrons. The predicted molar refractivity (Wildman–Crippen MR) is 117 cm³/mol. The van der Waals surface area contributed by atoms with E-state index < -0.39 is 5.97 Å². The van der Waals surface area contributed by atoms with E-state index in [0.29, 0.717) is 5.69 Å². The van der Waals surface area contributed by atoms with Gasteiger partial charge in [0, 0.05) is 22.5 Å². The fourth-order valence-corrected chi connectivity index (χ4v) is 3.83. The lowest BCUT2D eigenvalue weighted by molar-refractivity contribution is 0.0691. The third kappa shape index (κ3) is 3.52. The number of aromatic carboxylic acids is 1. The second-order valence-electron chi connectivity index (χ2n) is 7.15. The molecule has 1 atom stereocenters. The number of nitrogens with zero attached hydrogens (tertiary/aromatic N) is 4. The Balaban J connectivity index is 1.89. The van der Waals surface area contributed by atoms with Gasteiger partial charge in [0.2, 0.25) is 0 Å². The van der Waals surface area contributed by atoms with Gasteiger partial charge in [-0.1, -0.05) is 30.2 Å². The highest BCUT2D eigenvalue weighted by atomic mass is 35.5. The summed E-state index contributed by atoms with van der Waals surface area (Å²) >= 11 is 5.88. The molecule has 2 N–H and O–H groups in total. The lowest BCUT2D eigenvalue weighted by Crippen LogP contribution is -2.13. The SMILES string of the molecule is CCc1nc2c([C@@H](C)Nc3ccc(Cl)nc3C(=O)O)cc(C)cc2c2cncnc12. The number of aromatic nitrogens is 4. The number of fused-ring (bicyclic) bond motifs is 3. The number of carboxylic acids is 1. The largest absolute Gasteiger partial charge is 0.476 e. The van der Waals surface area contributed by atoms with Crippen molar-refractivity contribution in [1.82, 2.24) is 19.9 Å². The van der Waals surface area contributed by atoms with Crippen LogP contribution in [0.2, 0.25) is 5.15 Å². The lowest BCUT2D eigenvalue weighted by atomic mass is 9.97. The van der Waals surface area contributed by atoms with Gasteiger partial charge in [-0.05, 0) is 38.5 Å². The lowest BCUT2D eigenvalue weighted by Gasteiger charge is -2.20. The van der Waals surface area contributed by atoms with Crippen LogP contribution in [0, 0.1) is 6.92 Å². The quantitative estimate of drug-likeness (QED) is 0.346. The van der Waals surface area contributed by atoms with Crippen LogP contribution in [-0.2, 0) is 6.42 Å². The molecule has 30 heavy (non-hydrogen) atoms. The van der Waals surface area contributed by atoms with Crippen LogP contribution < -0.4 is 5.32 Å². The molecule has 152 valence electrons. The Hall–Kier alpha value is -3.32. The van der Waals surface area contributed by atoms with Gasteiger partial charge in [-0.15, -0.1) is 0 Å². The molecule has 0 fully saturated rings. The number of anilines is 1. The van der Waals surface area contributed by atoms with Crippen molar-refractivity contribution < 1.29 is 9.90 Å². The van der Waals surface area contributed by atoms with Crippen molar-refractivity contribution in [2.24, 2.45) is 0 Å². The Morgan fingerprint density at radius 2 is 2.00 bits per heavy atom. The molecular formula is C22H20ClN5O2. The fraction of sp³-hybridized carbons (Fsp3) is 0.227. The van der Waals surface area contributed by atoms with Crippen LogP contribution in [0.1, 0.15) is 47.2 Å². The predicted octanol–water partition coefficient (Wildman–Crippen LogP) is 4.97. The van der Waals surface area contributed by atoms with Crippen LogP contribution in [0.15, 0.2) is 36.8 Å². The minimum absolute atomic E-state index is 0.118. The summed E-state index contributed by atoms with van der Waals surface area (Å²) < 4.78 is 0. The summed E-state index contributed by atoms with van der Waals surface area (Å²) in [7, 11) is 0. The summed E-state index contributed by atoms with van der Waals surface area (Å²) in [6.07, 6.45) is 4.10. The smallest absolute Gasteiger partial charge is 0.356 e. The standard InChI is InChI=1S/C22H20ClN5O2/c1-4-16-20-15(9-24-10-25-20)14-8-11(2)7-13(19(14)27-16)12(3)26-17-5-6-18(23)28-21(17)22(29)30/h5-10,12,26H,4H2,1-3H3,(H,29,30)/t12-/m1/s1. The number of carbonyl (C=O) groups is 1. The van der Waals surface area contributed by atoms with Gasteiger partial charge in [0.25, 0.3) is 0 Å².